The molecule has 0 aliphatic heterocycles. The van der Waals surface area contributed by atoms with Crippen LogP contribution in [0.5, 0.6) is 0 Å². The summed E-state index contributed by atoms with van der Waals surface area (Å²) in [5.41, 5.74) is 6.97. The van der Waals surface area contributed by atoms with E-state index in [4.69, 9.17) is 15.5 Å². The second kappa shape index (κ2) is 4.67. The zero-order valence-electron chi connectivity index (χ0n) is 11.0. The molecule has 1 aromatic rings. The van der Waals surface area contributed by atoms with E-state index in [9.17, 15) is 0 Å². The Labute approximate surface area is 107 Å². The summed E-state index contributed by atoms with van der Waals surface area (Å²) >= 11 is 1.70. The van der Waals surface area contributed by atoms with Gasteiger partial charge in [0.2, 0.25) is 0 Å². The molecular formula is C13H22N2OS. The van der Waals surface area contributed by atoms with Crippen molar-refractivity contribution in [3.05, 3.63) is 16.1 Å². The summed E-state index contributed by atoms with van der Waals surface area (Å²) in [6.45, 7) is 7.60. The third-order valence-corrected chi connectivity index (χ3v) is 4.92. The molecule has 0 spiro atoms. The van der Waals surface area contributed by atoms with E-state index in [1.54, 1.807) is 11.3 Å². The summed E-state index contributed by atoms with van der Waals surface area (Å²) in [4.78, 5) is 4.78. The molecule has 3 nitrogen and oxygen atoms in total. The van der Waals surface area contributed by atoms with Gasteiger partial charge in [0.1, 0.15) is 10.6 Å². The zero-order chi connectivity index (χ0) is 12.5. The van der Waals surface area contributed by atoms with Crippen molar-refractivity contribution >= 4 is 11.3 Å². The number of nitrogens with zero attached hydrogens (tertiary/aromatic N) is 1. The number of nitrogens with two attached hydrogens (primary N) is 1. The number of thiazole rings is 1. The minimum atomic E-state index is -0.281. The first-order chi connectivity index (χ1) is 8.04. The second-order valence-corrected chi connectivity index (χ2v) is 6.18. The van der Waals surface area contributed by atoms with Crippen molar-refractivity contribution in [1.29, 1.82) is 0 Å². The van der Waals surface area contributed by atoms with Crippen molar-refractivity contribution in [2.75, 3.05) is 13.2 Å². The molecule has 1 fully saturated rings. The number of aromatic nitrogens is 1. The largest absolute Gasteiger partial charge is 0.369 e. The lowest BCUT2D eigenvalue weighted by molar-refractivity contribution is -0.0144. The fourth-order valence-corrected chi connectivity index (χ4v) is 3.40. The molecule has 17 heavy (non-hydrogen) atoms. The summed E-state index contributed by atoms with van der Waals surface area (Å²) in [7, 11) is 0. The van der Waals surface area contributed by atoms with Crippen molar-refractivity contribution < 1.29 is 4.74 Å². The topological polar surface area (TPSA) is 48.1 Å². The highest BCUT2D eigenvalue weighted by molar-refractivity contribution is 7.09. The molecule has 0 saturated heterocycles. The van der Waals surface area contributed by atoms with Crippen LogP contribution in [-0.4, -0.2) is 18.1 Å². The fraction of sp³-hybridized carbons (Fsp3) is 0.769. The van der Waals surface area contributed by atoms with Crippen molar-refractivity contribution in [1.82, 2.24) is 4.98 Å². The molecule has 0 unspecified atom stereocenters. The van der Waals surface area contributed by atoms with E-state index in [1.165, 1.54) is 25.0 Å². The molecule has 1 saturated carbocycles. The fourth-order valence-electron chi connectivity index (χ4n) is 2.38. The quantitative estimate of drug-likeness (QED) is 0.879. The van der Waals surface area contributed by atoms with Gasteiger partial charge in [-0.15, -0.1) is 11.3 Å². The van der Waals surface area contributed by atoms with E-state index in [1.807, 2.05) is 6.92 Å². The van der Waals surface area contributed by atoms with Crippen LogP contribution < -0.4 is 5.73 Å². The van der Waals surface area contributed by atoms with E-state index in [0.717, 1.165) is 5.01 Å². The molecule has 0 amide bonds. The summed E-state index contributed by atoms with van der Waals surface area (Å²) in [5.74, 6) is 0. The number of ether oxygens (including phenoxy) is 1. The molecule has 1 aliphatic carbocycles. The summed E-state index contributed by atoms with van der Waals surface area (Å²) < 4.78 is 5.74. The van der Waals surface area contributed by atoms with Crippen LogP contribution in [0.3, 0.4) is 0 Å². The highest BCUT2D eigenvalue weighted by Crippen LogP contribution is 2.44. The maximum atomic E-state index is 5.91. The first-order valence-electron chi connectivity index (χ1n) is 6.34. The molecule has 2 rings (SSSR count). The second-order valence-electron chi connectivity index (χ2n) is 5.32. The normalized spacial score (nSPS) is 19.1. The molecule has 0 aromatic carbocycles. The Morgan fingerprint density at radius 3 is 2.71 bits per heavy atom. The first kappa shape index (κ1) is 13.0. The monoisotopic (exact) mass is 254 g/mol. The number of hydrogen-bond donors (Lipinski definition) is 1. The van der Waals surface area contributed by atoms with Crippen LogP contribution in [0.4, 0.5) is 0 Å². The minimum absolute atomic E-state index is 0.164. The highest BCUT2D eigenvalue weighted by Gasteiger charge is 2.40. The van der Waals surface area contributed by atoms with Gasteiger partial charge in [-0.2, -0.15) is 0 Å². The summed E-state index contributed by atoms with van der Waals surface area (Å²) in [5, 5.41) is 3.23. The predicted octanol–water partition coefficient (Wildman–Crippen LogP) is 2.80. The van der Waals surface area contributed by atoms with E-state index in [2.05, 4.69) is 19.2 Å². The molecule has 1 aromatic heterocycles. The Balaban J connectivity index is 2.21. The predicted molar refractivity (Wildman–Crippen MR) is 71.3 cm³/mol. The molecule has 0 radical (unpaired) electrons. The van der Waals surface area contributed by atoms with Crippen LogP contribution in [-0.2, 0) is 15.8 Å². The lowest BCUT2D eigenvalue weighted by atomic mass is 9.67. The molecule has 1 heterocycles. The molecule has 4 heteroatoms. The van der Waals surface area contributed by atoms with Gasteiger partial charge in [-0.05, 0) is 33.6 Å². The Bertz CT molecular complexity index is 377. The Hall–Kier alpha value is -0.450. The average Bonchev–Trinajstić information content (AvgIpc) is 2.67. The summed E-state index contributed by atoms with van der Waals surface area (Å²) in [6, 6.07) is 0. The lowest BCUT2D eigenvalue weighted by Crippen LogP contribution is -2.42. The van der Waals surface area contributed by atoms with Crippen molar-refractivity contribution in [2.24, 2.45) is 5.73 Å². The highest BCUT2D eigenvalue weighted by atomic mass is 32.1. The smallest absolute Gasteiger partial charge is 0.124 e. The minimum Gasteiger partial charge on any atom is -0.369 e. The van der Waals surface area contributed by atoms with E-state index in [0.29, 0.717) is 13.2 Å². The Morgan fingerprint density at radius 2 is 2.24 bits per heavy atom. The van der Waals surface area contributed by atoms with Gasteiger partial charge >= 0.3 is 0 Å². The average molecular weight is 254 g/mol. The molecule has 1 aliphatic rings. The maximum Gasteiger partial charge on any atom is 0.124 e. The van der Waals surface area contributed by atoms with Gasteiger partial charge in [0.05, 0.1) is 5.69 Å². The van der Waals surface area contributed by atoms with Crippen molar-refractivity contribution in [3.8, 4) is 0 Å². The van der Waals surface area contributed by atoms with Crippen LogP contribution in [0.1, 0.15) is 50.7 Å². The molecule has 96 valence electrons. The molecule has 0 atom stereocenters. The number of hydrogen-bond acceptors (Lipinski definition) is 4. The van der Waals surface area contributed by atoms with Gasteiger partial charge in [0, 0.05) is 23.9 Å². The maximum absolute atomic E-state index is 5.91. The summed E-state index contributed by atoms with van der Waals surface area (Å²) in [6.07, 6.45) is 3.64. The van der Waals surface area contributed by atoms with Crippen molar-refractivity contribution in [3.63, 3.8) is 0 Å². The van der Waals surface area contributed by atoms with Crippen LogP contribution in [0.25, 0.3) is 0 Å². The lowest BCUT2D eigenvalue weighted by Gasteiger charge is -2.39. The third kappa shape index (κ3) is 2.26. The SMILES string of the molecule is CCOC(C)(C)c1nc(C2(CN)CCC2)cs1. The van der Waals surface area contributed by atoms with Crippen LogP contribution >= 0.6 is 11.3 Å². The Kier molecular flexibility index (Phi) is 3.57. The van der Waals surface area contributed by atoms with Crippen LogP contribution in [0, 0.1) is 0 Å². The van der Waals surface area contributed by atoms with Gasteiger partial charge < -0.3 is 10.5 Å². The van der Waals surface area contributed by atoms with E-state index >= 15 is 0 Å². The van der Waals surface area contributed by atoms with Crippen LogP contribution in [0.2, 0.25) is 0 Å². The number of rotatable bonds is 5. The van der Waals surface area contributed by atoms with Gasteiger partial charge in [-0.1, -0.05) is 6.42 Å². The first-order valence-corrected chi connectivity index (χ1v) is 7.22. The standard InChI is InChI=1S/C13H22N2OS/c1-4-16-12(2,3)11-15-10(8-17-11)13(9-14)6-5-7-13/h8H,4-7,9,14H2,1-3H3. The molecule has 0 bridgehead atoms. The van der Waals surface area contributed by atoms with Gasteiger partial charge in [-0.25, -0.2) is 4.98 Å². The van der Waals surface area contributed by atoms with Gasteiger partial charge in [0.25, 0.3) is 0 Å². The molecule has 2 N–H and O–H groups in total. The van der Waals surface area contributed by atoms with Gasteiger partial charge in [0.15, 0.2) is 0 Å². The van der Waals surface area contributed by atoms with Crippen LogP contribution in [0.15, 0.2) is 5.38 Å². The van der Waals surface area contributed by atoms with E-state index in [-0.39, 0.29) is 11.0 Å². The van der Waals surface area contributed by atoms with E-state index < -0.39 is 0 Å². The van der Waals surface area contributed by atoms with Gasteiger partial charge in [-0.3, -0.25) is 0 Å². The Morgan fingerprint density at radius 1 is 1.53 bits per heavy atom. The van der Waals surface area contributed by atoms with Crippen molar-refractivity contribution in [2.45, 2.75) is 51.0 Å². The molecular weight excluding hydrogens is 232 g/mol. The third-order valence-electron chi connectivity index (χ3n) is 3.77. The zero-order valence-corrected chi connectivity index (χ0v) is 11.8.